The van der Waals surface area contributed by atoms with Gasteiger partial charge in [-0.3, -0.25) is 0 Å². The Morgan fingerprint density at radius 1 is 0.789 bits per heavy atom. The van der Waals surface area contributed by atoms with Gasteiger partial charge in [-0.1, -0.05) is 6.92 Å². The van der Waals surface area contributed by atoms with Crippen LogP contribution in [0.15, 0.2) is 0 Å². The van der Waals surface area contributed by atoms with E-state index in [1.165, 1.54) is 88.6 Å². The van der Waals surface area contributed by atoms with Gasteiger partial charge >= 0.3 is 0 Å². The van der Waals surface area contributed by atoms with Gasteiger partial charge in [0.2, 0.25) is 0 Å². The molecule has 1 rings (SSSR count). The highest BCUT2D eigenvalue weighted by Gasteiger charge is 2.27. The van der Waals surface area contributed by atoms with Crippen molar-refractivity contribution in [2.75, 3.05) is 53.9 Å². The van der Waals surface area contributed by atoms with E-state index >= 15 is 0 Å². The third-order valence-corrected chi connectivity index (χ3v) is 4.67. The predicted octanol–water partition coefficient (Wildman–Crippen LogP) is 3.66. The van der Waals surface area contributed by atoms with Crippen molar-refractivity contribution in [3.05, 3.63) is 0 Å². The smallest absolute Gasteiger partial charge is 0.0786 e. The summed E-state index contributed by atoms with van der Waals surface area (Å²) < 4.78 is 2.57. The van der Waals surface area contributed by atoms with E-state index in [2.05, 4.69) is 28.1 Å². The molecule has 0 atom stereocenters. The van der Waals surface area contributed by atoms with E-state index in [1.54, 1.807) is 0 Å². The summed E-state index contributed by atoms with van der Waals surface area (Å²) in [7, 11) is 6.90. The normalized spacial score (nSPS) is 19.6. The molecule has 0 spiro atoms. The van der Waals surface area contributed by atoms with E-state index in [1.807, 2.05) is 0 Å². The number of unbranched alkanes of at least 4 members (excludes halogenated alkanes) is 3. The number of likely N-dealkylation sites (tertiary alicyclic amines) is 1. The highest BCUT2D eigenvalue weighted by atomic mass is 15.3. The minimum Gasteiger partial charge on any atom is -0.331 e. The summed E-state index contributed by atoms with van der Waals surface area (Å²) in [5.74, 6) is 0. The molecule has 19 heavy (non-hydrogen) atoms. The molecule has 0 aliphatic carbocycles. The molecule has 1 saturated heterocycles. The van der Waals surface area contributed by atoms with Crippen LogP contribution in [-0.2, 0) is 0 Å². The number of piperidine rings is 1. The number of hydrogen-bond donors (Lipinski definition) is 0. The summed E-state index contributed by atoms with van der Waals surface area (Å²) in [5.41, 5.74) is 0. The lowest BCUT2D eigenvalue weighted by Crippen LogP contribution is -2.52. The molecule has 0 N–H and O–H groups in total. The first kappa shape index (κ1) is 17.0. The lowest BCUT2D eigenvalue weighted by Gasteiger charge is -2.41. The molecule has 0 amide bonds. The van der Waals surface area contributed by atoms with Gasteiger partial charge in [0.15, 0.2) is 0 Å². The second-order valence-electron chi connectivity index (χ2n) is 7.72. The lowest BCUT2D eigenvalue weighted by molar-refractivity contribution is -0.932. The maximum absolute atomic E-state index is 2.36. The molecular weight excluding hydrogens is 232 g/mol. The minimum atomic E-state index is 1.12. The van der Waals surface area contributed by atoms with Gasteiger partial charge in [-0.15, -0.1) is 0 Å². The van der Waals surface area contributed by atoms with Crippen LogP contribution in [0.2, 0.25) is 0 Å². The molecule has 1 aliphatic rings. The first-order valence-electron chi connectivity index (χ1n) is 8.63. The maximum Gasteiger partial charge on any atom is 0.0786 e. The molecule has 114 valence electrons. The van der Waals surface area contributed by atoms with Gasteiger partial charge < -0.3 is 8.97 Å². The molecule has 2 heteroatoms. The van der Waals surface area contributed by atoms with Crippen LogP contribution in [-0.4, -0.2) is 62.8 Å². The molecule has 0 radical (unpaired) electrons. The zero-order valence-corrected chi connectivity index (χ0v) is 14.1. The molecule has 1 fully saturated rings. The third-order valence-electron chi connectivity index (χ3n) is 4.67. The fourth-order valence-electron chi connectivity index (χ4n) is 3.60. The van der Waals surface area contributed by atoms with Crippen LogP contribution >= 0.6 is 0 Å². The van der Waals surface area contributed by atoms with Crippen molar-refractivity contribution in [3.63, 3.8) is 0 Å². The molecule has 0 saturated carbocycles. The number of quaternary nitrogens is 2. The van der Waals surface area contributed by atoms with Gasteiger partial charge in [0.05, 0.1) is 53.9 Å². The molecule has 0 aromatic carbocycles. The van der Waals surface area contributed by atoms with Crippen molar-refractivity contribution < 1.29 is 8.97 Å². The largest absolute Gasteiger partial charge is 0.331 e. The number of hydrogen-bond acceptors (Lipinski definition) is 0. The molecule has 0 bridgehead atoms. The minimum absolute atomic E-state index is 1.12. The fraction of sp³-hybridized carbons (Fsp3) is 1.00. The van der Waals surface area contributed by atoms with Crippen molar-refractivity contribution in [2.24, 2.45) is 0 Å². The Kier molecular flexibility index (Phi) is 7.38. The van der Waals surface area contributed by atoms with Gasteiger partial charge in [0, 0.05) is 0 Å². The van der Waals surface area contributed by atoms with Gasteiger partial charge in [0.25, 0.3) is 0 Å². The molecule has 0 aromatic heterocycles. The predicted molar refractivity (Wildman–Crippen MR) is 85.2 cm³/mol. The summed E-state index contributed by atoms with van der Waals surface area (Å²) in [6.07, 6.45) is 11.5. The summed E-state index contributed by atoms with van der Waals surface area (Å²) in [5, 5.41) is 0. The van der Waals surface area contributed by atoms with Crippen LogP contribution in [0.25, 0.3) is 0 Å². The Labute approximate surface area is 122 Å². The quantitative estimate of drug-likeness (QED) is 0.443. The van der Waals surface area contributed by atoms with Crippen LogP contribution < -0.4 is 0 Å². The van der Waals surface area contributed by atoms with E-state index < -0.39 is 0 Å². The Bertz CT molecular complexity index is 218. The summed E-state index contributed by atoms with van der Waals surface area (Å²) >= 11 is 0. The second kappa shape index (κ2) is 8.26. The average molecular weight is 271 g/mol. The molecular formula is C17H38N2+2. The Morgan fingerprint density at radius 2 is 1.42 bits per heavy atom. The summed E-state index contributed by atoms with van der Waals surface area (Å²) in [6.45, 7) is 9.50. The first-order chi connectivity index (χ1) is 8.97. The monoisotopic (exact) mass is 270 g/mol. The Morgan fingerprint density at radius 3 is 2.00 bits per heavy atom. The van der Waals surface area contributed by atoms with Crippen LogP contribution in [0.1, 0.15) is 58.3 Å². The highest BCUT2D eigenvalue weighted by Crippen LogP contribution is 2.21. The van der Waals surface area contributed by atoms with E-state index in [0.717, 1.165) is 4.48 Å². The summed E-state index contributed by atoms with van der Waals surface area (Å²) in [6, 6.07) is 0. The Balaban J connectivity index is 2.15. The van der Waals surface area contributed by atoms with Crippen molar-refractivity contribution in [2.45, 2.75) is 58.3 Å². The zero-order chi connectivity index (χ0) is 14.2. The topological polar surface area (TPSA) is 0 Å². The second-order valence-corrected chi connectivity index (χ2v) is 7.72. The third kappa shape index (κ3) is 7.31. The van der Waals surface area contributed by atoms with Gasteiger partial charge in [-0.2, -0.15) is 0 Å². The van der Waals surface area contributed by atoms with Gasteiger partial charge in [0.1, 0.15) is 0 Å². The van der Waals surface area contributed by atoms with E-state index in [-0.39, 0.29) is 0 Å². The first-order valence-corrected chi connectivity index (χ1v) is 8.63. The van der Waals surface area contributed by atoms with E-state index in [4.69, 9.17) is 0 Å². The van der Waals surface area contributed by atoms with Gasteiger partial charge in [-0.25, -0.2) is 0 Å². The average Bonchev–Trinajstić information content (AvgIpc) is 2.34. The van der Waals surface area contributed by atoms with Crippen molar-refractivity contribution in [1.82, 2.24) is 0 Å². The van der Waals surface area contributed by atoms with Crippen LogP contribution in [0.4, 0.5) is 0 Å². The van der Waals surface area contributed by atoms with Crippen molar-refractivity contribution >= 4 is 0 Å². The fourth-order valence-corrected chi connectivity index (χ4v) is 3.60. The van der Waals surface area contributed by atoms with Crippen LogP contribution in [0, 0.1) is 0 Å². The van der Waals surface area contributed by atoms with Crippen LogP contribution in [0.5, 0.6) is 0 Å². The van der Waals surface area contributed by atoms with Gasteiger partial charge in [-0.05, 0) is 51.4 Å². The molecule has 1 aliphatic heterocycles. The van der Waals surface area contributed by atoms with E-state index in [9.17, 15) is 0 Å². The standard InChI is InChI=1S/C17H38N2/c1-5-13-19(16-11-8-12-17-19)15-10-7-6-9-14-18(2,3)4/h5-17H2,1-4H3/q+2. The zero-order valence-electron chi connectivity index (χ0n) is 14.1. The van der Waals surface area contributed by atoms with E-state index in [0.29, 0.717) is 0 Å². The maximum atomic E-state index is 2.36. The lowest BCUT2D eigenvalue weighted by atomic mass is 10.0. The van der Waals surface area contributed by atoms with Crippen molar-refractivity contribution in [3.8, 4) is 0 Å². The van der Waals surface area contributed by atoms with Crippen LogP contribution in [0.3, 0.4) is 0 Å². The van der Waals surface area contributed by atoms with Crippen molar-refractivity contribution in [1.29, 1.82) is 0 Å². The highest BCUT2D eigenvalue weighted by molar-refractivity contribution is 4.55. The summed E-state index contributed by atoms with van der Waals surface area (Å²) in [4.78, 5) is 0. The molecule has 1 heterocycles. The molecule has 0 aromatic rings. The number of nitrogens with zero attached hydrogens (tertiary/aromatic N) is 2. The molecule has 0 unspecified atom stereocenters. The Hall–Kier alpha value is -0.0800. The molecule has 2 nitrogen and oxygen atoms in total. The SMILES string of the molecule is CCC[N+]1(CCCCCC[N+](C)(C)C)CCCCC1. The number of rotatable bonds is 9.